The number of aryl methyl sites for hydroxylation is 1. The number of carbonyl (C=O) groups is 2. The molecule has 0 saturated heterocycles. The second-order valence-electron chi connectivity index (χ2n) is 7.13. The van der Waals surface area contributed by atoms with E-state index < -0.39 is 27.9 Å². The Kier molecular flexibility index (Phi) is 8.00. The van der Waals surface area contributed by atoms with Crippen molar-refractivity contribution in [3.05, 3.63) is 64.2 Å². The van der Waals surface area contributed by atoms with Gasteiger partial charge in [0.25, 0.3) is 5.91 Å². The molecule has 2 aromatic carbocycles. The van der Waals surface area contributed by atoms with Gasteiger partial charge in [0.15, 0.2) is 0 Å². The molecule has 162 valence electrons. The standard InChI is InChI=1S/C21H25ClN2O5S/c1-13(2)24-30(27,28)16-9-10-18(22)17(11-16)21(26)23-19(12-20(25)29-4)15-7-5-14(3)6-8-15/h5-11,13,19,24H,12H2,1-4H3,(H,23,26)/t19-/m1/s1. The normalized spacial score (nSPS) is 12.5. The minimum atomic E-state index is -3.80. The number of ether oxygens (including phenoxy) is 1. The number of amides is 1. The average Bonchev–Trinajstić information content (AvgIpc) is 2.67. The van der Waals surface area contributed by atoms with Gasteiger partial charge in [-0.1, -0.05) is 41.4 Å². The van der Waals surface area contributed by atoms with Gasteiger partial charge in [0, 0.05) is 6.04 Å². The van der Waals surface area contributed by atoms with E-state index in [1.54, 1.807) is 26.0 Å². The zero-order valence-corrected chi connectivity index (χ0v) is 18.8. The van der Waals surface area contributed by atoms with Crippen molar-refractivity contribution in [2.24, 2.45) is 0 Å². The molecule has 0 fully saturated rings. The Morgan fingerprint density at radius 1 is 1.10 bits per heavy atom. The van der Waals surface area contributed by atoms with E-state index >= 15 is 0 Å². The quantitative estimate of drug-likeness (QED) is 0.598. The summed E-state index contributed by atoms with van der Waals surface area (Å²) < 4.78 is 32.1. The van der Waals surface area contributed by atoms with Crippen LogP contribution in [0.2, 0.25) is 5.02 Å². The number of carbonyl (C=O) groups excluding carboxylic acids is 2. The van der Waals surface area contributed by atoms with Crippen LogP contribution in [0.15, 0.2) is 47.4 Å². The van der Waals surface area contributed by atoms with Crippen LogP contribution in [0, 0.1) is 6.92 Å². The highest BCUT2D eigenvalue weighted by atomic mass is 35.5. The third kappa shape index (κ3) is 6.29. The Labute approximate surface area is 181 Å². The number of methoxy groups -OCH3 is 1. The minimum absolute atomic E-state index is 0.00900. The molecule has 1 atom stereocenters. The summed E-state index contributed by atoms with van der Waals surface area (Å²) in [5.41, 5.74) is 1.73. The molecular weight excluding hydrogens is 428 g/mol. The van der Waals surface area contributed by atoms with Gasteiger partial charge in [-0.2, -0.15) is 0 Å². The number of rotatable bonds is 8. The van der Waals surface area contributed by atoms with Crippen molar-refractivity contribution in [2.45, 2.75) is 44.2 Å². The molecule has 9 heteroatoms. The smallest absolute Gasteiger partial charge is 0.307 e. The lowest BCUT2D eigenvalue weighted by Crippen LogP contribution is -2.32. The fraction of sp³-hybridized carbons (Fsp3) is 0.333. The molecule has 2 N–H and O–H groups in total. The Balaban J connectivity index is 2.36. The van der Waals surface area contributed by atoms with Crippen molar-refractivity contribution in [1.29, 1.82) is 0 Å². The second kappa shape index (κ2) is 10.1. The lowest BCUT2D eigenvalue weighted by molar-refractivity contribution is -0.141. The highest BCUT2D eigenvalue weighted by molar-refractivity contribution is 7.89. The molecule has 0 bridgehead atoms. The van der Waals surface area contributed by atoms with Gasteiger partial charge in [-0.05, 0) is 44.5 Å². The molecule has 30 heavy (non-hydrogen) atoms. The van der Waals surface area contributed by atoms with Gasteiger partial charge in [0.05, 0.1) is 35.1 Å². The SMILES string of the molecule is COC(=O)C[C@@H](NC(=O)c1cc(S(=O)(=O)NC(C)C)ccc1Cl)c1ccc(C)cc1. The molecule has 0 unspecified atom stereocenters. The third-order valence-corrected chi connectivity index (χ3v) is 6.25. The van der Waals surface area contributed by atoms with Crippen molar-refractivity contribution < 1.29 is 22.7 Å². The summed E-state index contributed by atoms with van der Waals surface area (Å²) >= 11 is 6.16. The van der Waals surface area contributed by atoms with Crippen LogP contribution in [0.3, 0.4) is 0 Å². The number of hydrogen-bond donors (Lipinski definition) is 2. The van der Waals surface area contributed by atoms with Crippen molar-refractivity contribution in [3.8, 4) is 0 Å². The first-order valence-corrected chi connectivity index (χ1v) is 11.2. The molecule has 2 rings (SSSR count). The van der Waals surface area contributed by atoms with Crippen LogP contribution < -0.4 is 10.0 Å². The molecule has 0 aliphatic rings. The van der Waals surface area contributed by atoms with E-state index in [0.717, 1.165) is 5.56 Å². The zero-order valence-electron chi connectivity index (χ0n) is 17.2. The van der Waals surface area contributed by atoms with E-state index in [2.05, 4.69) is 10.0 Å². The summed E-state index contributed by atoms with van der Waals surface area (Å²) in [5, 5.41) is 2.85. The van der Waals surface area contributed by atoms with E-state index in [0.29, 0.717) is 5.56 Å². The predicted molar refractivity (Wildman–Crippen MR) is 115 cm³/mol. The van der Waals surface area contributed by atoms with Crippen LogP contribution in [-0.4, -0.2) is 33.4 Å². The number of sulfonamides is 1. The first kappa shape index (κ1) is 23.9. The highest BCUT2D eigenvalue weighted by Crippen LogP contribution is 2.24. The largest absolute Gasteiger partial charge is 0.469 e. The Morgan fingerprint density at radius 2 is 1.73 bits per heavy atom. The topological polar surface area (TPSA) is 102 Å². The van der Waals surface area contributed by atoms with Gasteiger partial charge in [-0.3, -0.25) is 9.59 Å². The van der Waals surface area contributed by atoms with E-state index in [1.165, 1.54) is 25.3 Å². The summed E-state index contributed by atoms with van der Waals surface area (Å²) in [6.07, 6.45) is -0.0875. The summed E-state index contributed by atoms with van der Waals surface area (Å²) in [7, 11) is -2.54. The number of halogens is 1. The maximum Gasteiger partial charge on any atom is 0.307 e. The van der Waals surface area contributed by atoms with Gasteiger partial charge in [0.1, 0.15) is 0 Å². The van der Waals surface area contributed by atoms with Crippen molar-refractivity contribution in [1.82, 2.24) is 10.0 Å². The zero-order chi connectivity index (χ0) is 22.5. The average molecular weight is 453 g/mol. The van der Waals surface area contributed by atoms with Crippen molar-refractivity contribution >= 4 is 33.5 Å². The Hall–Kier alpha value is -2.42. The minimum Gasteiger partial charge on any atom is -0.469 e. The van der Waals surface area contributed by atoms with Crippen LogP contribution in [0.25, 0.3) is 0 Å². The van der Waals surface area contributed by atoms with Crippen LogP contribution >= 0.6 is 11.6 Å². The number of hydrogen-bond acceptors (Lipinski definition) is 5. The van der Waals surface area contributed by atoms with E-state index in [1.807, 2.05) is 19.1 Å². The fourth-order valence-corrected chi connectivity index (χ4v) is 4.24. The summed E-state index contributed by atoms with van der Waals surface area (Å²) in [6.45, 7) is 5.31. The molecule has 0 aliphatic carbocycles. The lowest BCUT2D eigenvalue weighted by atomic mass is 10.0. The molecule has 1 amide bonds. The molecule has 2 aromatic rings. The van der Waals surface area contributed by atoms with Gasteiger partial charge in [0.2, 0.25) is 10.0 Å². The molecule has 7 nitrogen and oxygen atoms in total. The van der Waals surface area contributed by atoms with Gasteiger partial charge in [-0.25, -0.2) is 13.1 Å². The Morgan fingerprint density at radius 3 is 2.30 bits per heavy atom. The summed E-state index contributed by atoms with van der Waals surface area (Å²) in [5.74, 6) is -1.10. The molecule has 0 aromatic heterocycles. The number of esters is 1. The third-order valence-electron chi connectivity index (χ3n) is 4.27. The number of benzene rings is 2. The first-order valence-electron chi connectivity index (χ1n) is 9.29. The first-order chi connectivity index (χ1) is 14.0. The second-order valence-corrected chi connectivity index (χ2v) is 9.26. The molecule has 0 saturated carbocycles. The van der Waals surface area contributed by atoms with E-state index in [9.17, 15) is 18.0 Å². The summed E-state index contributed by atoms with van der Waals surface area (Å²) in [4.78, 5) is 24.7. The van der Waals surface area contributed by atoms with Crippen LogP contribution in [0.5, 0.6) is 0 Å². The Bertz CT molecular complexity index is 1020. The fourth-order valence-electron chi connectivity index (χ4n) is 2.76. The molecule has 0 spiro atoms. The maximum absolute atomic E-state index is 12.9. The highest BCUT2D eigenvalue weighted by Gasteiger charge is 2.23. The van der Waals surface area contributed by atoms with Crippen LogP contribution in [0.1, 0.15) is 47.8 Å². The molecule has 0 radical (unpaired) electrons. The van der Waals surface area contributed by atoms with E-state index in [4.69, 9.17) is 16.3 Å². The van der Waals surface area contributed by atoms with Crippen LogP contribution in [-0.2, 0) is 19.6 Å². The van der Waals surface area contributed by atoms with E-state index in [-0.39, 0.29) is 27.9 Å². The van der Waals surface area contributed by atoms with Gasteiger partial charge < -0.3 is 10.1 Å². The molecule has 0 aliphatic heterocycles. The molecular formula is C21H25ClN2O5S. The monoisotopic (exact) mass is 452 g/mol. The summed E-state index contributed by atoms with van der Waals surface area (Å²) in [6, 6.07) is 10.3. The van der Waals surface area contributed by atoms with Crippen molar-refractivity contribution in [3.63, 3.8) is 0 Å². The van der Waals surface area contributed by atoms with Crippen LogP contribution in [0.4, 0.5) is 0 Å². The maximum atomic E-state index is 12.9. The number of nitrogens with one attached hydrogen (secondary N) is 2. The molecule has 0 heterocycles. The lowest BCUT2D eigenvalue weighted by Gasteiger charge is -2.19. The predicted octanol–water partition coefficient (Wildman–Crippen LogP) is 3.37. The van der Waals surface area contributed by atoms with Crippen molar-refractivity contribution in [2.75, 3.05) is 7.11 Å². The van der Waals surface area contributed by atoms with Gasteiger partial charge in [-0.15, -0.1) is 0 Å². The van der Waals surface area contributed by atoms with Gasteiger partial charge >= 0.3 is 5.97 Å².